The summed E-state index contributed by atoms with van der Waals surface area (Å²) in [4.78, 5) is 12.3. The van der Waals surface area contributed by atoms with Crippen LogP contribution in [0.4, 0.5) is 5.69 Å². The van der Waals surface area contributed by atoms with Crippen LogP contribution in [0.15, 0.2) is 41.3 Å². The Morgan fingerprint density at radius 3 is 2.35 bits per heavy atom. The smallest absolute Gasteiger partial charge is 0.257 e. The van der Waals surface area contributed by atoms with E-state index in [1.807, 2.05) is 0 Å². The first kappa shape index (κ1) is 20.5. The van der Waals surface area contributed by atoms with Gasteiger partial charge in [-0.2, -0.15) is 4.31 Å². The van der Waals surface area contributed by atoms with Gasteiger partial charge in [-0.3, -0.25) is 4.79 Å². The fourth-order valence-corrected chi connectivity index (χ4v) is 4.68. The SMILES string of the molecule is CCN(CC)S(=O)(=O)c1cc(C(=O)Nc2cccc(O)c2)c(Cl)cc1Cl. The highest BCUT2D eigenvalue weighted by Crippen LogP contribution is 2.31. The maximum absolute atomic E-state index is 12.7. The molecule has 2 N–H and O–H groups in total. The summed E-state index contributed by atoms with van der Waals surface area (Å²) in [7, 11) is -3.86. The van der Waals surface area contributed by atoms with Crippen LogP contribution in [0.25, 0.3) is 0 Å². The van der Waals surface area contributed by atoms with Crippen LogP contribution in [0.1, 0.15) is 24.2 Å². The van der Waals surface area contributed by atoms with Crippen molar-refractivity contribution in [1.29, 1.82) is 0 Å². The molecule has 0 spiro atoms. The molecule has 26 heavy (non-hydrogen) atoms. The van der Waals surface area contributed by atoms with Crippen molar-refractivity contribution in [3.05, 3.63) is 52.0 Å². The molecule has 0 saturated carbocycles. The molecule has 140 valence electrons. The monoisotopic (exact) mass is 416 g/mol. The molecule has 0 atom stereocenters. The largest absolute Gasteiger partial charge is 0.508 e. The first-order valence-corrected chi connectivity index (χ1v) is 9.99. The summed E-state index contributed by atoms with van der Waals surface area (Å²) in [6.07, 6.45) is 0. The summed E-state index contributed by atoms with van der Waals surface area (Å²) >= 11 is 12.2. The number of phenols is 1. The van der Waals surface area contributed by atoms with Crippen molar-refractivity contribution >= 4 is 44.8 Å². The third-order valence-electron chi connectivity index (χ3n) is 3.69. The fraction of sp³-hybridized carbons (Fsp3) is 0.235. The molecule has 0 saturated heterocycles. The molecule has 0 unspecified atom stereocenters. The molecular formula is C17H18Cl2N2O4S. The molecule has 0 aliphatic heterocycles. The van der Waals surface area contributed by atoms with E-state index < -0.39 is 15.9 Å². The van der Waals surface area contributed by atoms with Gasteiger partial charge in [-0.1, -0.05) is 43.1 Å². The number of carbonyl (C=O) groups excluding carboxylic acids is 1. The standard InChI is InChI=1S/C17H18Cl2N2O4S/c1-3-21(4-2)26(24,25)16-9-13(14(18)10-15(16)19)17(23)20-11-6-5-7-12(22)8-11/h5-10,22H,3-4H2,1-2H3,(H,20,23). The fourth-order valence-electron chi connectivity index (χ4n) is 2.39. The number of anilines is 1. The molecule has 0 aromatic heterocycles. The van der Waals surface area contributed by atoms with Crippen molar-refractivity contribution in [1.82, 2.24) is 4.31 Å². The minimum Gasteiger partial charge on any atom is -0.508 e. The van der Waals surface area contributed by atoms with Crippen LogP contribution in [0, 0.1) is 0 Å². The Balaban J connectivity index is 2.46. The molecule has 2 aromatic rings. The summed E-state index contributed by atoms with van der Waals surface area (Å²) < 4.78 is 26.7. The first-order chi connectivity index (χ1) is 12.2. The number of aromatic hydroxyl groups is 1. The average Bonchev–Trinajstić information content (AvgIpc) is 2.55. The number of rotatable bonds is 6. The Morgan fingerprint density at radius 2 is 1.77 bits per heavy atom. The maximum atomic E-state index is 12.7. The molecular weight excluding hydrogens is 399 g/mol. The minimum atomic E-state index is -3.86. The van der Waals surface area contributed by atoms with Gasteiger partial charge in [0.1, 0.15) is 10.6 Å². The Kier molecular flexibility index (Phi) is 6.52. The number of halogens is 2. The van der Waals surface area contributed by atoms with E-state index in [9.17, 15) is 18.3 Å². The summed E-state index contributed by atoms with van der Waals surface area (Å²) in [5, 5.41) is 12.0. The number of phenolic OH excluding ortho intramolecular Hbond substituents is 1. The number of hydrogen-bond donors (Lipinski definition) is 2. The van der Waals surface area contributed by atoms with Crippen molar-refractivity contribution in [2.45, 2.75) is 18.7 Å². The number of benzene rings is 2. The summed E-state index contributed by atoms with van der Waals surface area (Å²) in [6, 6.07) is 8.35. The van der Waals surface area contributed by atoms with Crippen LogP contribution in [0.2, 0.25) is 10.0 Å². The summed E-state index contributed by atoms with van der Waals surface area (Å²) in [6.45, 7) is 3.95. The van der Waals surface area contributed by atoms with Gasteiger partial charge in [0.25, 0.3) is 5.91 Å². The van der Waals surface area contributed by atoms with Gasteiger partial charge in [0.15, 0.2) is 0 Å². The molecule has 0 radical (unpaired) electrons. The molecule has 0 bridgehead atoms. The van der Waals surface area contributed by atoms with Gasteiger partial charge < -0.3 is 10.4 Å². The molecule has 0 fully saturated rings. The van der Waals surface area contributed by atoms with Crippen LogP contribution in [-0.4, -0.2) is 36.8 Å². The van der Waals surface area contributed by atoms with Crippen LogP contribution in [0.3, 0.4) is 0 Å². The third kappa shape index (κ3) is 4.29. The Morgan fingerprint density at radius 1 is 1.12 bits per heavy atom. The Bertz CT molecular complexity index is 928. The zero-order valence-corrected chi connectivity index (χ0v) is 16.5. The second-order valence-corrected chi connectivity index (χ2v) is 8.08. The lowest BCUT2D eigenvalue weighted by Crippen LogP contribution is -2.31. The van der Waals surface area contributed by atoms with Gasteiger partial charge >= 0.3 is 0 Å². The molecule has 6 nitrogen and oxygen atoms in total. The number of carbonyl (C=O) groups is 1. The van der Waals surface area contributed by atoms with E-state index in [-0.39, 0.29) is 39.3 Å². The van der Waals surface area contributed by atoms with E-state index in [0.29, 0.717) is 5.69 Å². The highest BCUT2D eigenvalue weighted by molar-refractivity contribution is 7.89. The Hall–Kier alpha value is -1.80. The van der Waals surface area contributed by atoms with Gasteiger partial charge in [0.2, 0.25) is 10.0 Å². The molecule has 0 heterocycles. The maximum Gasteiger partial charge on any atom is 0.257 e. The number of hydrogen-bond acceptors (Lipinski definition) is 4. The lowest BCUT2D eigenvalue weighted by Gasteiger charge is -2.20. The van der Waals surface area contributed by atoms with E-state index in [0.717, 1.165) is 6.07 Å². The topological polar surface area (TPSA) is 86.7 Å². The van der Waals surface area contributed by atoms with E-state index in [4.69, 9.17) is 23.2 Å². The quantitative estimate of drug-likeness (QED) is 0.745. The molecule has 2 aromatic carbocycles. The molecule has 1 amide bonds. The van der Waals surface area contributed by atoms with Gasteiger partial charge in [-0.05, 0) is 24.3 Å². The van der Waals surface area contributed by atoms with Crippen LogP contribution in [-0.2, 0) is 10.0 Å². The number of amides is 1. The van der Waals surface area contributed by atoms with E-state index >= 15 is 0 Å². The predicted molar refractivity (Wildman–Crippen MR) is 103 cm³/mol. The number of nitrogens with one attached hydrogen (secondary N) is 1. The van der Waals surface area contributed by atoms with Crippen molar-refractivity contribution in [2.75, 3.05) is 18.4 Å². The zero-order chi connectivity index (χ0) is 19.5. The van der Waals surface area contributed by atoms with E-state index in [1.54, 1.807) is 26.0 Å². The highest BCUT2D eigenvalue weighted by Gasteiger charge is 2.27. The van der Waals surface area contributed by atoms with Crippen LogP contribution in [0.5, 0.6) is 5.75 Å². The second kappa shape index (κ2) is 8.26. The predicted octanol–water partition coefficient (Wildman–Crippen LogP) is 3.98. The van der Waals surface area contributed by atoms with Gasteiger partial charge in [-0.15, -0.1) is 0 Å². The van der Waals surface area contributed by atoms with Crippen molar-refractivity contribution in [2.24, 2.45) is 0 Å². The molecule has 2 rings (SSSR count). The number of nitrogens with zero attached hydrogens (tertiary/aromatic N) is 1. The average molecular weight is 417 g/mol. The summed E-state index contributed by atoms with van der Waals surface area (Å²) in [5.41, 5.74) is 0.305. The summed E-state index contributed by atoms with van der Waals surface area (Å²) in [5.74, 6) is -0.636. The van der Waals surface area contributed by atoms with Gasteiger partial charge in [0.05, 0.1) is 15.6 Å². The van der Waals surface area contributed by atoms with Gasteiger partial charge in [0, 0.05) is 24.8 Å². The van der Waals surface area contributed by atoms with Gasteiger partial charge in [-0.25, -0.2) is 8.42 Å². The van der Waals surface area contributed by atoms with E-state index in [1.165, 1.54) is 22.5 Å². The second-order valence-electron chi connectivity index (χ2n) is 5.36. The third-order valence-corrected chi connectivity index (χ3v) is 6.52. The lowest BCUT2D eigenvalue weighted by atomic mass is 10.2. The Labute approximate surface area is 162 Å². The highest BCUT2D eigenvalue weighted by atomic mass is 35.5. The molecule has 0 aliphatic carbocycles. The van der Waals surface area contributed by atoms with E-state index in [2.05, 4.69) is 5.32 Å². The van der Waals surface area contributed by atoms with Crippen molar-refractivity contribution < 1.29 is 18.3 Å². The lowest BCUT2D eigenvalue weighted by molar-refractivity contribution is 0.102. The zero-order valence-electron chi connectivity index (χ0n) is 14.2. The number of sulfonamides is 1. The van der Waals surface area contributed by atoms with Crippen LogP contribution < -0.4 is 5.32 Å². The minimum absolute atomic E-state index is 0.0187. The molecule has 9 heteroatoms. The normalized spacial score (nSPS) is 11.6. The van der Waals surface area contributed by atoms with Crippen molar-refractivity contribution in [3.63, 3.8) is 0 Å². The van der Waals surface area contributed by atoms with Crippen molar-refractivity contribution in [3.8, 4) is 5.75 Å². The first-order valence-electron chi connectivity index (χ1n) is 7.80. The molecule has 0 aliphatic rings. The van der Waals surface area contributed by atoms with Crippen LogP contribution >= 0.6 is 23.2 Å².